The van der Waals surface area contributed by atoms with E-state index in [1.165, 1.54) is 38.6 Å². The van der Waals surface area contributed by atoms with E-state index in [0.717, 1.165) is 13.0 Å². The SMILES string of the molecule is CC(CCCN)CN(C1CC(C)(C)NC(C)(C)C1)C1CC(C)(C)NC(C)(C)C1. The molecule has 4 N–H and O–H groups in total. The summed E-state index contributed by atoms with van der Waals surface area (Å²) in [5, 5.41) is 7.77. The molecule has 4 nitrogen and oxygen atoms in total. The lowest BCUT2D eigenvalue weighted by Gasteiger charge is -2.55. The van der Waals surface area contributed by atoms with Crippen molar-refractivity contribution in [1.29, 1.82) is 0 Å². The zero-order valence-electron chi connectivity index (χ0n) is 20.4. The summed E-state index contributed by atoms with van der Waals surface area (Å²) in [7, 11) is 0. The minimum absolute atomic E-state index is 0.184. The van der Waals surface area contributed by atoms with Crippen LogP contribution in [0, 0.1) is 5.92 Å². The summed E-state index contributed by atoms with van der Waals surface area (Å²) < 4.78 is 0. The van der Waals surface area contributed by atoms with Crippen molar-refractivity contribution < 1.29 is 0 Å². The van der Waals surface area contributed by atoms with Gasteiger partial charge in [0.25, 0.3) is 0 Å². The Bertz CT molecular complexity index is 439. The molecule has 2 aliphatic heterocycles. The summed E-state index contributed by atoms with van der Waals surface area (Å²) in [4.78, 5) is 2.93. The first-order valence-corrected chi connectivity index (χ1v) is 11.7. The molecule has 0 bridgehead atoms. The second-order valence-electron chi connectivity index (χ2n) is 12.6. The van der Waals surface area contributed by atoms with Gasteiger partial charge in [-0.05, 0) is 106 Å². The zero-order chi connectivity index (χ0) is 21.4. The van der Waals surface area contributed by atoms with Gasteiger partial charge in [0.05, 0.1) is 0 Å². The highest BCUT2D eigenvalue weighted by Gasteiger charge is 2.45. The predicted molar refractivity (Wildman–Crippen MR) is 123 cm³/mol. The topological polar surface area (TPSA) is 53.3 Å². The van der Waals surface area contributed by atoms with Gasteiger partial charge in [-0.2, -0.15) is 0 Å². The molecule has 0 spiro atoms. The van der Waals surface area contributed by atoms with Crippen LogP contribution in [-0.4, -0.2) is 52.2 Å². The van der Waals surface area contributed by atoms with E-state index >= 15 is 0 Å². The zero-order valence-corrected chi connectivity index (χ0v) is 20.4. The summed E-state index contributed by atoms with van der Waals surface area (Å²) in [5.41, 5.74) is 6.54. The second-order valence-corrected chi connectivity index (χ2v) is 12.6. The molecule has 0 saturated carbocycles. The van der Waals surface area contributed by atoms with E-state index in [1.807, 2.05) is 0 Å². The lowest BCUT2D eigenvalue weighted by Crippen LogP contribution is -2.67. The number of hydrogen-bond acceptors (Lipinski definition) is 4. The molecule has 2 heterocycles. The molecule has 0 aromatic carbocycles. The van der Waals surface area contributed by atoms with Crippen LogP contribution in [0.1, 0.15) is 101 Å². The lowest BCUT2D eigenvalue weighted by molar-refractivity contribution is -0.0100. The maximum atomic E-state index is 5.81. The van der Waals surface area contributed by atoms with Gasteiger partial charge in [-0.15, -0.1) is 0 Å². The normalized spacial score (nSPS) is 28.4. The van der Waals surface area contributed by atoms with E-state index in [4.69, 9.17) is 5.73 Å². The number of nitrogens with zero attached hydrogens (tertiary/aromatic N) is 1. The Hall–Kier alpha value is -0.160. The van der Waals surface area contributed by atoms with E-state index in [0.29, 0.717) is 18.0 Å². The monoisotopic (exact) mass is 394 g/mol. The van der Waals surface area contributed by atoms with Crippen molar-refractivity contribution in [3.63, 3.8) is 0 Å². The summed E-state index contributed by atoms with van der Waals surface area (Å²) in [5.74, 6) is 0.700. The van der Waals surface area contributed by atoms with Crippen LogP contribution in [-0.2, 0) is 0 Å². The summed E-state index contributed by atoms with van der Waals surface area (Å²) >= 11 is 0. The molecule has 2 aliphatic rings. The van der Waals surface area contributed by atoms with Crippen LogP contribution in [0.2, 0.25) is 0 Å². The fourth-order valence-electron chi connectivity index (χ4n) is 6.52. The van der Waals surface area contributed by atoms with Gasteiger partial charge >= 0.3 is 0 Å². The maximum Gasteiger partial charge on any atom is 0.0145 e. The van der Waals surface area contributed by atoms with Gasteiger partial charge in [0.15, 0.2) is 0 Å². The number of piperidine rings is 2. The molecule has 166 valence electrons. The molecule has 0 aromatic rings. The smallest absolute Gasteiger partial charge is 0.0145 e. The van der Waals surface area contributed by atoms with Crippen molar-refractivity contribution in [2.75, 3.05) is 13.1 Å². The number of nitrogens with one attached hydrogen (secondary N) is 2. The van der Waals surface area contributed by atoms with Crippen LogP contribution in [0.15, 0.2) is 0 Å². The van der Waals surface area contributed by atoms with Crippen molar-refractivity contribution in [3.8, 4) is 0 Å². The first-order chi connectivity index (χ1) is 12.6. The van der Waals surface area contributed by atoms with Crippen molar-refractivity contribution in [2.45, 2.75) is 135 Å². The average molecular weight is 395 g/mol. The molecule has 28 heavy (non-hydrogen) atoms. The Morgan fingerprint density at radius 3 is 1.46 bits per heavy atom. The Labute approximate surface area is 175 Å². The summed E-state index contributed by atoms with van der Waals surface area (Å²) in [6, 6.07) is 1.28. The summed E-state index contributed by atoms with van der Waals surface area (Å²) in [6.07, 6.45) is 7.29. The van der Waals surface area contributed by atoms with Crippen LogP contribution in [0.25, 0.3) is 0 Å². The van der Waals surface area contributed by atoms with Crippen molar-refractivity contribution in [2.24, 2.45) is 11.7 Å². The molecule has 0 radical (unpaired) electrons. The maximum absolute atomic E-state index is 5.81. The highest BCUT2D eigenvalue weighted by Crippen LogP contribution is 2.38. The van der Waals surface area contributed by atoms with Crippen molar-refractivity contribution in [3.05, 3.63) is 0 Å². The molecule has 2 saturated heterocycles. The third-order valence-corrected chi connectivity index (χ3v) is 6.70. The summed E-state index contributed by atoms with van der Waals surface area (Å²) in [6.45, 7) is 23.5. The lowest BCUT2D eigenvalue weighted by atomic mass is 9.75. The largest absolute Gasteiger partial charge is 0.330 e. The van der Waals surface area contributed by atoms with Gasteiger partial charge < -0.3 is 16.4 Å². The molecule has 0 amide bonds. The number of rotatable bonds is 7. The molecule has 2 rings (SSSR count). The number of nitrogens with two attached hydrogens (primary N) is 1. The fourth-order valence-corrected chi connectivity index (χ4v) is 6.52. The van der Waals surface area contributed by atoms with Crippen molar-refractivity contribution in [1.82, 2.24) is 15.5 Å². The van der Waals surface area contributed by atoms with Crippen LogP contribution in [0.5, 0.6) is 0 Å². The molecular weight excluding hydrogens is 344 g/mol. The third kappa shape index (κ3) is 6.97. The predicted octanol–water partition coefficient (Wildman–Crippen LogP) is 4.28. The van der Waals surface area contributed by atoms with Crippen LogP contribution in [0.4, 0.5) is 0 Å². The van der Waals surface area contributed by atoms with Gasteiger partial charge in [0, 0.05) is 40.8 Å². The Balaban J connectivity index is 2.28. The first kappa shape index (κ1) is 24.1. The molecule has 1 atom stereocenters. The van der Waals surface area contributed by atoms with Gasteiger partial charge in [0.2, 0.25) is 0 Å². The first-order valence-electron chi connectivity index (χ1n) is 11.7. The Kier molecular flexibility index (Phi) is 7.34. The molecular formula is C24H50N4. The van der Waals surface area contributed by atoms with Crippen LogP contribution in [0.3, 0.4) is 0 Å². The molecule has 4 heteroatoms. The molecule has 0 aromatic heterocycles. The Morgan fingerprint density at radius 2 is 1.14 bits per heavy atom. The quantitative estimate of drug-likeness (QED) is 0.603. The molecule has 1 unspecified atom stereocenters. The average Bonchev–Trinajstić information content (AvgIpc) is 2.44. The van der Waals surface area contributed by atoms with Crippen LogP contribution < -0.4 is 16.4 Å². The van der Waals surface area contributed by atoms with E-state index < -0.39 is 0 Å². The standard InChI is InChI=1S/C24H50N4/c1-18(11-10-12-25)17-28(19-13-21(2,3)26-22(4,5)14-19)20-15-23(6,7)27-24(8,9)16-20/h18-20,26-27H,10-17,25H2,1-9H3. The second kappa shape index (κ2) is 8.53. The highest BCUT2D eigenvalue weighted by molar-refractivity contribution is 5.05. The van der Waals surface area contributed by atoms with E-state index in [-0.39, 0.29) is 22.2 Å². The third-order valence-electron chi connectivity index (χ3n) is 6.70. The van der Waals surface area contributed by atoms with E-state index in [9.17, 15) is 0 Å². The van der Waals surface area contributed by atoms with Gasteiger partial charge in [-0.1, -0.05) is 6.92 Å². The van der Waals surface area contributed by atoms with Crippen molar-refractivity contribution >= 4 is 0 Å². The minimum atomic E-state index is 0.184. The van der Waals surface area contributed by atoms with E-state index in [2.05, 4.69) is 77.8 Å². The molecule has 2 fully saturated rings. The fraction of sp³-hybridized carbons (Fsp3) is 1.00. The molecule has 0 aliphatic carbocycles. The van der Waals surface area contributed by atoms with E-state index in [1.54, 1.807) is 0 Å². The Morgan fingerprint density at radius 1 is 0.786 bits per heavy atom. The van der Waals surface area contributed by atoms with Gasteiger partial charge in [-0.3, -0.25) is 4.90 Å². The van der Waals surface area contributed by atoms with Crippen LogP contribution >= 0.6 is 0 Å². The number of hydrogen-bond donors (Lipinski definition) is 3. The van der Waals surface area contributed by atoms with Gasteiger partial charge in [0.1, 0.15) is 0 Å². The minimum Gasteiger partial charge on any atom is -0.330 e. The van der Waals surface area contributed by atoms with Gasteiger partial charge in [-0.25, -0.2) is 0 Å². The highest BCUT2D eigenvalue weighted by atomic mass is 15.2.